The normalized spacial score (nSPS) is 19.9. The lowest BCUT2D eigenvalue weighted by Crippen LogP contribution is -2.59. The Bertz CT molecular complexity index is 2090. The fourth-order valence-corrected chi connectivity index (χ4v) is 8.89. The van der Waals surface area contributed by atoms with E-state index in [1.165, 1.54) is 5.56 Å². The van der Waals surface area contributed by atoms with Crippen LogP contribution in [0, 0.1) is 0 Å². The summed E-state index contributed by atoms with van der Waals surface area (Å²) in [5, 5.41) is 10.9. The van der Waals surface area contributed by atoms with Gasteiger partial charge in [0, 0.05) is 90.7 Å². The van der Waals surface area contributed by atoms with Crippen LogP contribution in [0.4, 0.5) is 23.1 Å². The number of pyridine rings is 1. The number of rotatable bonds is 11. The molecule has 300 valence electrons. The first kappa shape index (κ1) is 38.9. The highest BCUT2D eigenvalue weighted by molar-refractivity contribution is 6.10. The van der Waals surface area contributed by atoms with Gasteiger partial charge in [0.1, 0.15) is 23.9 Å². The van der Waals surface area contributed by atoms with Crippen LogP contribution in [0.3, 0.4) is 0 Å². The summed E-state index contributed by atoms with van der Waals surface area (Å²) in [6.45, 7) is 11.3. The van der Waals surface area contributed by atoms with Crippen molar-refractivity contribution in [3.63, 3.8) is 0 Å². The third kappa shape index (κ3) is 7.22. The second-order valence-corrected chi connectivity index (χ2v) is 16.2. The van der Waals surface area contributed by atoms with Gasteiger partial charge in [-0.05, 0) is 75.3 Å². The van der Waals surface area contributed by atoms with Gasteiger partial charge in [-0.15, -0.1) is 0 Å². The minimum atomic E-state index is -0.636. The van der Waals surface area contributed by atoms with Gasteiger partial charge in [0.15, 0.2) is 0 Å². The van der Waals surface area contributed by atoms with Crippen LogP contribution in [0.15, 0.2) is 48.8 Å². The van der Waals surface area contributed by atoms with E-state index in [-0.39, 0.29) is 32.7 Å². The van der Waals surface area contributed by atoms with E-state index in [2.05, 4.69) is 61.6 Å². The Kier molecular flexibility index (Phi) is 11.1. The molecule has 3 N–H and O–H groups in total. The number of carbonyl (C=O) groups excluding carboxylic acids is 4. The highest BCUT2D eigenvalue weighted by atomic mass is 16.2. The predicted octanol–water partition coefficient (Wildman–Crippen LogP) is 5.57. The molecule has 2 atom stereocenters. The molecule has 3 aromatic heterocycles. The minimum absolute atomic E-state index is 0. The van der Waals surface area contributed by atoms with E-state index in [1.54, 1.807) is 25.2 Å². The smallest absolute Gasteiger partial charge is 0.270 e. The fraction of sp³-hybridized carbons (Fsp3) is 0.500. The first-order chi connectivity index (χ1) is 27.0. The molecule has 14 nitrogen and oxygen atoms in total. The Labute approximate surface area is 331 Å². The van der Waals surface area contributed by atoms with Gasteiger partial charge in [-0.25, -0.2) is 9.97 Å². The van der Waals surface area contributed by atoms with Gasteiger partial charge in [0.25, 0.3) is 5.91 Å². The van der Waals surface area contributed by atoms with E-state index in [0.29, 0.717) is 48.8 Å². The molecule has 1 saturated carbocycles. The first-order valence-electron chi connectivity index (χ1n) is 19.9. The Hall–Kier alpha value is -5.37. The van der Waals surface area contributed by atoms with Crippen molar-refractivity contribution in [2.75, 3.05) is 55.4 Å². The van der Waals surface area contributed by atoms with Crippen molar-refractivity contribution in [2.45, 2.75) is 95.2 Å². The number of benzene rings is 1. The molecule has 56 heavy (non-hydrogen) atoms. The zero-order chi connectivity index (χ0) is 39.7. The predicted molar refractivity (Wildman–Crippen MR) is 222 cm³/mol. The van der Waals surface area contributed by atoms with Gasteiger partial charge in [0.05, 0.1) is 17.1 Å². The van der Waals surface area contributed by atoms with Gasteiger partial charge >= 0.3 is 0 Å². The van der Waals surface area contributed by atoms with Gasteiger partial charge in [-0.1, -0.05) is 31.9 Å². The molecular formula is C42H58N10O4. The number of piperidine rings is 1. The molecule has 1 aliphatic carbocycles. The van der Waals surface area contributed by atoms with Crippen molar-refractivity contribution in [2.24, 2.45) is 0 Å². The lowest BCUT2D eigenvalue weighted by Gasteiger charge is -2.43. The molecule has 0 bridgehead atoms. The molecule has 8 rings (SSSR count). The summed E-state index contributed by atoms with van der Waals surface area (Å²) in [5.74, 6) is 1.57. The van der Waals surface area contributed by atoms with Crippen LogP contribution >= 0.6 is 0 Å². The number of carbonyl (C=O) groups is 4. The minimum Gasteiger partial charge on any atom is -0.368 e. The van der Waals surface area contributed by atoms with Crippen LogP contribution < -0.4 is 25.8 Å². The third-order valence-electron chi connectivity index (χ3n) is 12.0. The molecule has 3 fully saturated rings. The third-order valence-corrected chi connectivity index (χ3v) is 12.0. The Balaban J connectivity index is 0.00000158. The van der Waals surface area contributed by atoms with E-state index in [0.717, 1.165) is 79.7 Å². The molecule has 14 heteroatoms. The van der Waals surface area contributed by atoms with E-state index in [9.17, 15) is 14.4 Å². The average molecular weight is 767 g/mol. The van der Waals surface area contributed by atoms with E-state index >= 15 is 0 Å². The van der Waals surface area contributed by atoms with Crippen LogP contribution in [0.5, 0.6) is 0 Å². The molecule has 0 spiro atoms. The number of anilines is 4. The van der Waals surface area contributed by atoms with Crippen LogP contribution in [-0.4, -0.2) is 101 Å². The molecule has 4 aliphatic rings. The van der Waals surface area contributed by atoms with Gasteiger partial charge in [0.2, 0.25) is 17.8 Å². The summed E-state index contributed by atoms with van der Waals surface area (Å²) in [4.78, 5) is 66.8. The van der Waals surface area contributed by atoms with Crippen LogP contribution in [0.25, 0.3) is 11.0 Å². The van der Waals surface area contributed by atoms with Crippen molar-refractivity contribution < 1.29 is 22.0 Å². The molecule has 3 amide bonds. The average Bonchev–Trinajstić information content (AvgIpc) is 3.90. The fourth-order valence-electron chi connectivity index (χ4n) is 8.89. The van der Waals surface area contributed by atoms with Gasteiger partial charge in [-0.3, -0.25) is 14.4 Å². The second-order valence-electron chi connectivity index (χ2n) is 16.2. The molecule has 2 saturated heterocycles. The number of nitrogens with zero attached hydrogens (tertiary/aromatic N) is 7. The quantitative estimate of drug-likeness (QED) is 0.176. The summed E-state index contributed by atoms with van der Waals surface area (Å²) < 4.78 is 2.12. The number of amides is 3. The van der Waals surface area contributed by atoms with Gasteiger partial charge < -0.3 is 40.0 Å². The van der Waals surface area contributed by atoms with Crippen molar-refractivity contribution in [3.05, 3.63) is 65.6 Å². The molecular weight excluding hydrogens is 709 g/mol. The van der Waals surface area contributed by atoms with Crippen LogP contribution in [0.1, 0.15) is 102 Å². The SMILES string of the molecule is C=O.CC[C@@H](CNC1CN(c2cccc3c2C(C)(C)C(=O)N3[C@H]2CCC(=O)NC2)C1)c1ccc(Nc2ncc3cc(C(=O)N(C)C)n(C4CCCC4)c3n2)nc1.[HH].[HH]. The molecule has 4 aromatic rings. The maximum atomic E-state index is 13.8. The second kappa shape index (κ2) is 16.0. The number of hydrogen-bond donors (Lipinski definition) is 3. The lowest BCUT2D eigenvalue weighted by atomic mass is 9.84. The summed E-state index contributed by atoms with van der Waals surface area (Å²) >= 11 is 0. The van der Waals surface area contributed by atoms with E-state index in [4.69, 9.17) is 14.8 Å². The zero-order valence-corrected chi connectivity index (χ0v) is 33.2. The van der Waals surface area contributed by atoms with Gasteiger partial charge in [-0.2, -0.15) is 4.98 Å². The highest BCUT2D eigenvalue weighted by Crippen LogP contribution is 2.49. The van der Waals surface area contributed by atoms with Crippen LogP contribution in [-0.2, 0) is 19.8 Å². The number of hydrogen-bond acceptors (Lipinski definition) is 10. The summed E-state index contributed by atoms with van der Waals surface area (Å²) in [6.07, 6.45) is 10.2. The van der Waals surface area contributed by atoms with E-state index in [1.807, 2.05) is 43.9 Å². The topological polar surface area (TPSA) is 158 Å². The maximum absolute atomic E-state index is 13.8. The Morgan fingerprint density at radius 3 is 2.45 bits per heavy atom. The zero-order valence-electron chi connectivity index (χ0n) is 33.2. The monoisotopic (exact) mass is 766 g/mol. The summed E-state index contributed by atoms with van der Waals surface area (Å²) in [6, 6.07) is 12.9. The summed E-state index contributed by atoms with van der Waals surface area (Å²) in [5.41, 5.74) is 5.17. The molecule has 1 aromatic carbocycles. The number of nitrogens with one attached hydrogen (secondary N) is 3. The summed E-state index contributed by atoms with van der Waals surface area (Å²) in [7, 11) is 3.56. The number of fused-ring (bicyclic) bond motifs is 2. The largest absolute Gasteiger partial charge is 0.368 e. The van der Waals surface area contributed by atoms with Crippen molar-refractivity contribution >= 4 is 58.7 Å². The van der Waals surface area contributed by atoms with E-state index < -0.39 is 5.41 Å². The standard InChI is InChI=1S/C41H52N10O3.CH2O.2H2/c1-6-25(19-42-28-23-49(24-28)31-12-9-13-32-36(31)41(2,3)39(54)51(32)30-15-17-35(52)44-22-30)26-14-16-34(43-20-26)46-40-45-21-27-18-33(38(53)48(4)5)50(37(27)47-40)29-10-7-8-11-29;1-2;;/h9,12-14,16,18,20-21,25,28-30,42H,6-8,10-11,15,17,19,22-24H2,1-5H3,(H,44,52)(H,43,45,46,47);1H2;2*1H/t25-,30-;;;/m0.../s1. The molecule has 6 heterocycles. The Morgan fingerprint density at radius 1 is 1.04 bits per heavy atom. The molecule has 0 radical (unpaired) electrons. The van der Waals surface area contributed by atoms with Crippen molar-refractivity contribution in [1.82, 2.24) is 35.1 Å². The van der Waals surface area contributed by atoms with Crippen LogP contribution in [0.2, 0.25) is 0 Å². The molecule has 0 unspecified atom stereocenters. The Morgan fingerprint density at radius 2 is 1.79 bits per heavy atom. The lowest BCUT2D eigenvalue weighted by molar-refractivity contribution is -0.125. The number of aromatic nitrogens is 4. The first-order valence-corrected chi connectivity index (χ1v) is 19.9. The molecule has 3 aliphatic heterocycles. The highest BCUT2D eigenvalue weighted by Gasteiger charge is 2.49. The van der Waals surface area contributed by atoms with Crippen molar-refractivity contribution in [1.29, 1.82) is 0 Å². The maximum Gasteiger partial charge on any atom is 0.270 e. The van der Waals surface area contributed by atoms with Crippen molar-refractivity contribution in [3.8, 4) is 0 Å².